The van der Waals surface area contributed by atoms with Gasteiger partial charge in [0.05, 0.1) is 0 Å². The molecule has 0 aliphatic heterocycles. The van der Waals surface area contributed by atoms with E-state index in [1.165, 1.54) is 0 Å². The second kappa shape index (κ2) is 11.6. The molecule has 0 bridgehead atoms. The highest BCUT2D eigenvalue weighted by molar-refractivity contribution is 6.31. The lowest BCUT2D eigenvalue weighted by Gasteiger charge is -2.31. The molecule has 0 heterocycles. The lowest BCUT2D eigenvalue weighted by molar-refractivity contribution is -0.140. The smallest absolute Gasteiger partial charge is 0.242 e. The van der Waals surface area contributed by atoms with Gasteiger partial charge in [0, 0.05) is 24.0 Å². The summed E-state index contributed by atoms with van der Waals surface area (Å²) in [6.07, 6.45) is 2.17. The second-order valence-electron chi connectivity index (χ2n) is 7.50. The van der Waals surface area contributed by atoms with Crippen molar-refractivity contribution in [3.8, 4) is 0 Å². The van der Waals surface area contributed by atoms with Gasteiger partial charge in [-0.3, -0.25) is 9.59 Å². The number of rotatable bonds is 10. The molecular weight excluding hydrogens is 384 g/mol. The zero-order chi connectivity index (χ0) is 21.2. The number of nitrogens with zero attached hydrogens (tertiary/aromatic N) is 1. The van der Waals surface area contributed by atoms with Gasteiger partial charge in [-0.25, -0.2) is 0 Å². The minimum atomic E-state index is -0.472. The molecule has 0 aliphatic carbocycles. The van der Waals surface area contributed by atoms with E-state index < -0.39 is 6.04 Å². The summed E-state index contributed by atoms with van der Waals surface area (Å²) in [7, 11) is 0. The fourth-order valence-electron chi connectivity index (χ4n) is 3.36. The first-order valence-electron chi connectivity index (χ1n) is 10.3. The highest BCUT2D eigenvalue weighted by atomic mass is 35.5. The molecule has 2 aromatic carbocycles. The molecule has 0 aromatic heterocycles. The Labute approximate surface area is 179 Å². The van der Waals surface area contributed by atoms with Gasteiger partial charge in [0.15, 0.2) is 0 Å². The number of halogens is 1. The lowest BCUT2D eigenvalue weighted by Crippen LogP contribution is -2.51. The van der Waals surface area contributed by atoms with E-state index in [1.807, 2.05) is 75.4 Å². The largest absolute Gasteiger partial charge is 0.352 e. The van der Waals surface area contributed by atoms with Gasteiger partial charge in [0.2, 0.25) is 11.8 Å². The average Bonchev–Trinajstić information content (AvgIpc) is 2.70. The van der Waals surface area contributed by atoms with Crippen molar-refractivity contribution in [1.82, 2.24) is 10.2 Å². The number of carbonyl (C=O) groups is 2. The van der Waals surface area contributed by atoms with Crippen molar-refractivity contribution < 1.29 is 9.59 Å². The zero-order valence-corrected chi connectivity index (χ0v) is 18.3. The highest BCUT2D eigenvalue weighted by Crippen LogP contribution is 2.18. The van der Waals surface area contributed by atoms with Crippen molar-refractivity contribution >= 4 is 23.4 Å². The number of aryl methyl sites for hydroxylation is 1. The van der Waals surface area contributed by atoms with Crippen LogP contribution in [0.4, 0.5) is 0 Å². The van der Waals surface area contributed by atoms with Crippen LogP contribution < -0.4 is 5.32 Å². The average molecular weight is 415 g/mol. The Morgan fingerprint density at radius 2 is 1.66 bits per heavy atom. The molecule has 0 saturated carbocycles. The molecule has 4 nitrogen and oxygen atoms in total. The van der Waals surface area contributed by atoms with Crippen molar-refractivity contribution in [2.24, 2.45) is 0 Å². The van der Waals surface area contributed by atoms with E-state index in [1.54, 1.807) is 4.90 Å². The van der Waals surface area contributed by atoms with Gasteiger partial charge in [0.25, 0.3) is 0 Å². The van der Waals surface area contributed by atoms with E-state index in [-0.39, 0.29) is 17.9 Å². The van der Waals surface area contributed by atoms with E-state index in [0.29, 0.717) is 37.3 Å². The monoisotopic (exact) mass is 414 g/mol. The molecule has 2 aromatic rings. The molecule has 156 valence electrons. The number of carbonyl (C=O) groups excluding carboxylic acids is 2. The third-order valence-electron chi connectivity index (χ3n) is 4.87. The highest BCUT2D eigenvalue weighted by Gasteiger charge is 2.28. The van der Waals surface area contributed by atoms with Gasteiger partial charge in [-0.15, -0.1) is 0 Å². The minimum absolute atomic E-state index is 0.0217. The maximum absolute atomic E-state index is 13.1. The van der Waals surface area contributed by atoms with Crippen LogP contribution in [0.3, 0.4) is 0 Å². The van der Waals surface area contributed by atoms with Crippen LogP contribution in [0.5, 0.6) is 0 Å². The van der Waals surface area contributed by atoms with E-state index in [4.69, 9.17) is 11.6 Å². The third-order valence-corrected chi connectivity index (χ3v) is 5.24. The Bertz CT molecular complexity index is 792. The van der Waals surface area contributed by atoms with Crippen LogP contribution in [0.1, 0.15) is 44.7 Å². The summed E-state index contributed by atoms with van der Waals surface area (Å²) in [6, 6.07) is 17.2. The molecule has 0 saturated heterocycles. The summed E-state index contributed by atoms with van der Waals surface area (Å²) >= 11 is 6.24. The van der Waals surface area contributed by atoms with Crippen LogP contribution in [-0.2, 0) is 22.4 Å². The fourth-order valence-corrected chi connectivity index (χ4v) is 3.59. The topological polar surface area (TPSA) is 49.4 Å². The number of hydrogen-bond acceptors (Lipinski definition) is 2. The van der Waals surface area contributed by atoms with Gasteiger partial charge in [0.1, 0.15) is 6.04 Å². The molecule has 1 N–H and O–H groups in total. The number of benzene rings is 2. The predicted molar refractivity (Wildman–Crippen MR) is 119 cm³/mol. The minimum Gasteiger partial charge on any atom is -0.352 e. The summed E-state index contributed by atoms with van der Waals surface area (Å²) in [5, 5.41) is 3.62. The summed E-state index contributed by atoms with van der Waals surface area (Å²) in [5.74, 6) is -0.117. The SMILES string of the molecule is CCC(C(=O)NC(C)C)N(CCc1ccccc1)C(=O)CCc1ccccc1Cl. The van der Waals surface area contributed by atoms with Gasteiger partial charge in [-0.1, -0.05) is 67.1 Å². The zero-order valence-electron chi connectivity index (χ0n) is 17.5. The molecule has 2 amide bonds. The van der Waals surface area contributed by atoms with Crippen LogP contribution in [0.25, 0.3) is 0 Å². The van der Waals surface area contributed by atoms with Crippen LogP contribution in [-0.4, -0.2) is 35.3 Å². The number of nitrogens with one attached hydrogen (secondary N) is 1. The summed E-state index contributed by atoms with van der Waals surface area (Å²) < 4.78 is 0. The molecule has 5 heteroatoms. The first-order chi connectivity index (χ1) is 13.9. The lowest BCUT2D eigenvalue weighted by atomic mass is 10.1. The van der Waals surface area contributed by atoms with Gasteiger partial charge in [-0.05, 0) is 50.3 Å². The molecule has 1 atom stereocenters. The Hall–Kier alpha value is -2.33. The van der Waals surface area contributed by atoms with Gasteiger partial charge in [-0.2, -0.15) is 0 Å². The molecule has 29 heavy (non-hydrogen) atoms. The molecule has 2 rings (SSSR count). The Kier molecular flexibility index (Phi) is 9.20. The molecule has 0 fully saturated rings. The number of amides is 2. The number of hydrogen-bond donors (Lipinski definition) is 1. The molecule has 0 radical (unpaired) electrons. The van der Waals surface area contributed by atoms with E-state index in [2.05, 4.69) is 5.32 Å². The Balaban J connectivity index is 2.13. The van der Waals surface area contributed by atoms with E-state index in [9.17, 15) is 9.59 Å². The first-order valence-corrected chi connectivity index (χ1v) is 10.7. The maximum atomic E-state index is 13.1. The van der Waals surface area contributed by atoms with Gasteiger partial charge < -0.3 is 10.2 Å². The summed E-state index contributed by atoms with van der Waals surface area (Å²) in [6.45, 7) is 6.31. The standard InChI is InChI=1S/C24H31ClN2O2/c1-4-22(24(29)26-18(2)3)27(17-16-19-10-6-5-7-11-19)23(28)15-14-20-12-8-9-13-21(20)25/h5-13,18,22H,4,14-17H2,1-3H3,(H,26,29). The first kappa shape index (κ1) is 23.0. The van der Waals surface area contributed by atoms with Crippen LogP contribution in [0, 0.1) is 0 Å². The summed E-state index contributed by atoms with van der Waals surface area (Å²) in [4.78, 5) is 27.6. The van der Waals surface area contributed by atoms with Crippen molar-refractivity contribution in [2.45, 2.75) is 58.5 Å². The Morgan fingerprint density at radius 1 is 1.00 bits per heavy atom. The molecule has 0 spiro atoms. The van der Waals surface area contributed by atoms with Crippen molar-refractivity contribution in [3.63, 3.8) is 0 Å². The van der Waals surface area contributed by atoms with Crippen LogP contribution in [0.15, 0.2) is 54.6 Å². The van der Waals surface area contributed by atoms with Gasteiger partial charge >= 0.3 is 0 Å². The van der Waals surface area contributed by atoms with Crippen molar-refractivity contribution in [2.75, 3.05) is 6.54 Å². The predicted octanol–water partition coefficient (Wildman–Crippen LogP) is 4.65. The molecular formula is C24H31ClN2O2. The van der Waals surface area contributed by atoms with E-state index in [0.717, 1.165) is 11.1 Å². The maximum Gasteiger partial charge on any atom is 0.242 e. The van der Waals surface area contributed by atoms with Crippen molar-refractivity contribution in [1.29, 1.82) is 0 Å². The summed E-state index contributed by atoms with van der Waals surface area (Å²) in [5.41, 5.74) is 2.10. The molecule has 1 unspecified atom stereocenters. The fraction of sp³-hybridized carbons (Fsp3) is 0.417. The Morgan fingerprint density at radius 3 is 2.28 bits per heavy atom. The van der Waals surface area contributed by atoms with Crippen molar-refractivity contribution in [3.05, 3.63) is 70.7 Å². The third kappa shape index (κ3) is 7.21. The van der Waals surface area contributed by atoms with Crippen LogP contribution in [0.2, 0.25) is 5.02 Å². The van der Waals surface area contributed by atoms with E-state index >= 15 is 0 Å². The molecule has 0 aliphatic rings. The van der Waals surface area contributed by atoms with Crippen LogP contribution >= 0.6 is 11.6 Å². The normalized spacial score (nSPS) is 11.9. The quantitative estimate of drug-likeness (QED) is 0.615. The second-order valence-corrected chi connectivity index (χ2v) is 7.91.